The van der Waals surface area contributed by atoms with Gasteiger partial charge in [0.2, 0.25) is 23.6 Å². The molecule has 0 spiro atoms. The van der Waals surface area contributed by atoms with Crippen molar-refractivity contribution in [3.05, 3.63) is 29.8 Å². The quantitative estimate of drug-likeness (QED) is 0.101. The number of nitrogens with two attached hydrogens (primary N) is 3. The lowest BCUT2D eigenvalue weighted by molar-refractivity contribution is -0.144. The Morgan fingerprint density at radius 3 is 1.94 bits per heavy atom. The van der Waals surface area contributed by atoms with Crippen LogP contribution in [0.4, 0.5) is 0 Å². The van der Waals surface area contributed by atoms with Crippen molar-refractivity contribution < 1.29 is 39.3 Å². The summed E-state index contributed by atoms with van der Waals surface area (Å²) >= 11 is 0. The molecule has 0 bridgehead atoms. The largest absolute Gasteiger partial charge is 0.508 e. The van der Waals surface area contributed by atoms with Gasteiger partial charge in [0.1, 0.15) is 23.9 Å². The van der Waals surface area contributed by atoms with Crippen molar-refractivity contribution in [2.75, 3.05) is 13.2 Å². The lowest BCUT2D eigenvalue weighted by atomic mass is 10.0. The standard InChI is InChI=1S/C22H34N6O8/c23-8-2-1-3-15(26-19(32)14(24)9-12-4-6-13(30)7-5-12)20(33)28-17(11-29)21(34)27-16(22(35)36)10-18(25)31/h4-7,14-17,29-30H,1-3,8-11,23-24H2,(H2,25,31)(H,26,32)(H,27,34)(H,28,33)(H,35,36). The topological polar surface area (TPSA) is 260 Å². The molecule has 1 aromatic rings. The summed E-state index contributed by atoms with van der Waals surface area (Å²) in [5, 5.41) is 34.9. The lowest BCUT2D eigenvalue weighted by Crippen LogP contribution is -2.58. The Hall–Kier alpha value is -3.75. The van der Waals surface area contributed by atoms with Crippen LogP contribution >= 0.6 is 0 Å². The number of carboxylic acid groups (broad SMARTS) is 1. The van der Waals surface area contributed by atoms with Gasteiger partial charge in [-0.25, -0.2) is 4.79 Å². The zero-order chi connectivity index (χ0) is 27.3. The Kier molecular flexibility index (Phi) is 12.9. The minimum Gasteiger partial charge on any atom is -0.508 e. The highest BCUT2D eigenvalue weighted by Gasteiger charge is 2.30. The maximum absolute atomic E-state index is 12.9. The smallest absolute Gasteiger partial charge is 0.326 e. The van der Waals surface area contributed by atoms with Crippen molar-refractivity contribution in [3.63, 3.8) is 0 Å². The second-order valence-corrected chi connectivity index (χ2v) is 8.14. The average Bonchev–Trinajstić information content (AvgIpc) is 2.82. The number of benzene rings is 1. The van der Waals surface area contributed by atoms with E-state index in [9.17, 15) is 34.2 Å². The molecule has 4 amide bonds. The minimum absolute atomic E-state index is 0.0557. The van der Waals surface area contributed by atoms with E-state index in [1.54, 1.807) is 12.1 Å². The highest BCUT2D eigenvalue weighted by Crippen LogP contribution is 2.11. The number of hydrogen-bond acceptors (Lipinski definition) is 9. The number of unbranched alkanes of at least 4 members (excludes halogenated alkanes) is 1. The highest BCUT2D eigenvalue weighted by molar-refractivity contribution is 5.95. The number of aromatic hydroxyl groups is 1. The number of aliphatic carboxylic acids is 1. The molecule has 0 aliphatic heterocycles. The molecule has 0 saturated carbocycles. The van der Waals surface area contributed by atoms with Crippen LogP contribution in [0.3, 0.4) is 0 Å². The molecule has 1 rings (SSSR count). The second-order valence-electron chi connectivity index (χ2n) is 8.14. The summed E-state index contributed by atoms with van der Waals surface area (Å²) in [5.74, 6) is -4.96. The van der Waals surface area contributed by atoms with Gasteiger partial charge in [-0.3, -0.25) is 19.2 Å². The predicted molar refractivity (Wildman–Crippen MR) is 127 cm³/mol. The van der Waals surface area contributed by atoms with E-state index < -0.39 is 66.8 Å². The first kappa shape index (κ1) is 30.3. The molecular weight excluding hydrogens is 476 g/mol. The molecule has 1 aromatic carbocycles. The number of phenolic OH excluding ortho intramolecular Hbond substituents is 1. The van der Waals surface area contributed by atoms with E-state index in [0.717, 1.165) is 0 Å². The minimum atomic E-state index is -1.65. The second kappa shape index (κ2) is 15.3. The summed E-state index contributed by atoms with van der Waals surface area (Å²) in [4.78, 5) is 60.2. The molecule has 200 valence electrons. The third kappa shape index (κ3) is 10.7. The van der Waals surface area contributed by atoms with Gasteiger partial charge in [-0.2, -0.15) is 0 Å². The van der Waals surface area contributed by atoms with E-state index in [2.05, 4.69) is 10.6 Å². The summed E-state index contributed by atoms with van der Waals surface area (Å²) in [6.07, 6.45) is 0.597. The number of carboxylic acids is 1. The van der Waals surface area contributed by atoms with E-state index in [0.29, 0.717) is 24.9 Å². The molecule has 14 heteroatoms. The Morgan fingerprint density at radius 1 is 0.861 bits per heavy atom. The molecular formula is C22H34N6O8. The van der Waals surface area contributed by atoms with Crippen molar-refractivity contribution in [3.8, 4) is 5.75 Å². The van der Waals surface area contributed by atoms with E-state index >= 15 is 0 Å². The van der Waals surface area contributed by atoms with Gasteiger partial charge in [-0.15, -0.1) is 0 Å². The van der Waals surface area contributed by atoms with E-state index in [1.807, 2.05) is 5.32 Å². The molecule has 0 aliphatic rings. The Bertz CT molecular complexity index is 910. The van der Waals surface area contributed by atoms with Crippen molar-refractivity contribution in [1.29, 1.82) is 0 Å². The maximum atomic E-state index is 12.9. The van der Waals surface area contributed by atoms with Crippen LogP contribution in [0.15, 0.2) is 24.3 Å². The SMILES string of the molecule is NCCCCC(NC(=O)C(N)Cc1ccc(O)cc1)C(=O)NC(CO)C(=O)NC(CC(N)=O)C(=O)O. The first-order valence-corrected chi connectivity index (χ1v) is 11.2. The third-order valence-electron chi connectivity index (χ3n) is 5.14. The monoisotopic (exact) mass is 510 g/mol. The number of carbonyl (C=O) groups excluding carboxylic acids is 4. The molecule has 36 heavy (non-hydrogen) atoms. The van der Waals surface area contributed by atoms with Crippen LogP contribution in [0.1, 0.15) is 31.2 Å². The zero-order valence-corrected chi connectivity index (χ0v) is 19.7. The average molecular weight is 511 g/mol. The number of nitrogens with one attached hydrogen (secondary N) is 3. The number of hydrogen-bond donors (Lipinski definition) is 9. The molecule has 0 radical (unpaired) electrons. The number of aliphatic hydroxyl groups excluding tert-OH is 1. The van der Waals surface area contributed by atoms with Crippen molar-refractivity contribution >= 4 is 29.6 Å². The van der Waals surface area contributed by atoms with E-state index in [-0.39, 0.29) is 18.6 Å². The fraction of sp³-hybridized carbons (Fsp3) is 0.500. The molecule has 14 nitrogen and oxygen atoms in total. The maximum Gasteiger partial charge on any atom is 0.326 e. The number of rotatable bonds is 16. The van der Waals surface area contributed by atoms with Crippen LogP contribution in [-0.2, 0) is 30.4 Å². The van der Waals surface area contributed by atoms with Gasteiger partial charge in [0.05, 0.1) is 19.1 Å². The fourth-order valence-electron chi connectivity index (χ4n) is 3.16. The first-order chi connectivity index (χ1) is 17.0. The zero-order valence-electron chi connectivity index (χ0n) is 19.7. The molecule has 4 unspecified atom stereocenters. The van der Waals surface area contributed by atoms with E-state index in [4.69, 9.17) is 22.3 Å². The molecule has 4 atom stereocenters. The van der Waals surface area contributed by atoms with Gasteiger partial charge in [-0.1, -0.05) is 12.1 Å². The molecule has 0 heterocycles. The lowest BCUT2D eigenvalue weighted by Gasteiger charge is -2.24. The summed E-state index contributed by atoms with van der Waals surface area (Å²) in [6, 6.07) is 0.718. The highest BCUT2D eigenvalue weighted by atomic mass is 16.4. The summed E-state index contributed by atoms with van der Waals surface area (Å²) < 4.78 is 0. The van der Waals surface area contributed by atoms with E-state index in [1.165, 1.54) is 12.1 Å². The van der Waals surface area contributed by atoms with Gasteiger partial charge in [0.15, 0.2) is 0 Å². The number of aliphatic hydroxyl groups is 1. The van der Waals surface area contributed by atoms with Crippen LogP contribution in [0.25, 0.3) is 0 Å². The van der Waals surface area contributed by atoms with Crippen LogP contribution in [0.5, 0.6) is 5.75 Å². The van der Waals surface area contributed by atoms with Gasteiger partial charge in [0.25, 0.3) is 0 Å². The number of phenols is 1. The van der Waals surface area contributed by atoms with Crippen molar-refractivity contribution in [1.82, 2.24) is 16.0 Å². The van der Waals surface area contributed by atoms with Crippen LogP contribution in [0.2, 0.25) is 0 Å². The first-order valence-electron chi connectivity index (χ1n) is 11.2. The Balaban J connectivity index is 2.87. The Labute approximate surface area is 207 Å². The normalized spacial score (nSPS) is 14.1. The number of carbonyl (C=O) groups is 5. The third-order valence-corrected chi connectivity index (χ3v) is 5.14. The Morgan fingerprint density at radius 2 is 1.42 bits per heavy atom. The number of amides is 4. The molecule has 0 aliphatic carbocycles. The molecule has 12 N–H and O–H groups in total. The van der Waals surface area contributed by atoms with Gasteiger partial charge >= 0.3 is 5.97 Å². The van der Waals surface area contributed by atoms with Crippen LogP contribution in [-0.4, -0.2) is 82.2 Å². The predicted octanol–water partition coefficient (Wildman–Crippen LogP) is -3.20. The van der Waals surface area contributed by atoms with Crippen LogP contribution in [0, 0.1) is 0 Å². The summed E-state index contributed by atoms with van der Waals surface area (Å²) in [7, 11) is 0. The molecule has 0 fully saturated rings. The molecule has 0 saturated heterocycles. The molecule has 0 aromatic heterocycles. The summed E-state index contributed by atoms with van der Waals surface area (Å²) in [6.45, 7) is -0.537. The van der Waals surface area contributed by atoms with Gasteiger partial charge in [-0.05, 0) is 49.9 Å². The van der Waals surface area contributed by atoms with Crippen LogP contribution < -0.4 is 33.2 Å². The van der Waals surface area contributed by atoms with Crippen molar-refractivity contribution in [2.45, 2.75) is 56.3 Å². The van der Waals surface area contributed by atoms with Gasteiger partial charge < -0.3 is 48.5 Å². The number of primary amides is 1. The summed E-state index contributed by atoms with van der Waals surface area (Å²) in [5.41, 5.74) is 17.1. The van der Waals surface area contributed by atoms with Crippen molar-refractivity contribution in [2.24, 2.45) is 17.2 Å². The fourth-order valence-corrected chi connectivity index (χ4v) is 3.16. The van der Waals surface area contributed by atoms with Gasteiger partial charge in [0, 0.05) is 0 Å².